The highest BCUT2D eigenvalue weighted by Gasteiger charge is 2.32. The van der Waals surface area contributed by atoms with E-state index in [1.807, 2.05) is 0 Å². The third kappa shape index (κ3) is 4.67. The van der Waals surface area contributed by atoms with Crippen molar-refractivity contribution in [3.63, 3.8) is 0 Å². The van der Waals surface area contributed by atoms with Crippen molar-refractivity contribution in [3.8, 4) is 5.75 Å². The van der Waals surface area contributed by atoms with Crippen molar-refractivity contribution < 1.29 is 18.3 Å². The molecule has 8 heteroatoms. The molecule has 1 saturated heterocycles. The Balaban J connectivity index is 1.76. The Hall–Kier alpha value is -2.38. The maximum absolute atomic E-state index is 14.5. The smallest absolute Gasteiger partial charge is 0.319 e. The number of carbonyl (C=O) groups is 1. The first-order valence-corrected chi connectivity index (χ1v) is 8.92. The Labute approximate surface area is 161 Å². The molecule has 2 amide bonds. The molecule has 0 spiro atoms. The molecule has 0 saturated carbocycles. The number of amides is 2. The minimum Gasteiger partial charge on any atom is -0.497 e. The topological polar surface area (TPSA) is 62.4 Å². The molecule has 144 valence electrons. The third-order valence-electron chi connectivity index (χ3n) is 4.56. The van der Waals surface area contributed by atoms with E-state index in [4.69, 9.17) is 16.3 Å². The molecule has 3 N–H and O–H groups in total. The average molecular weight is 396 g/mol. The molecule has 1 aliphatic heterocycles. The quantitative estimate of drug-likeness (QED) is 0.736. The largest absolute Gasteiger partial charge is 0.497 e. The van der Waals surface area contributed by atoms with E-state index < -0.39 is 29.6 Å². The number of hydrogen-bond acceptors (Lipinski definition) is 3. The number of ether oxygens (including phenoxy) is 1. The first-order chi connectivity index (χ1) is 13.0. The second kappa shape index (κ2) is 8.54. The zero-order valence-electron chi connectivity index (χ0n) is 14.7. The predicted octanol–water partition coefficient (Wildman–Crippen LogP) is 3.89. The van der Waals surface area contributed by atoms with E-state index in [1.165, 1.54) is 7.11 Å². The minimum absolute atomic E-state index is 0.0557. The average Bonchev–Trinajstić information content (AvgIpc) is 2.64. The molecule has 2 atom stereocenters. The van der Waals surface area contributed by atoms with Crippen molar-refractivity contribution in [2.24, 2.45) is 0 Å². The lowest BCUT2D eigenvalue weighted by molar-refractivity contribution is 0.240. The van der Waals surface area contributed by atoms with Crippen molar-refractivity contribution >= 4 is 23.3 Å². The number of carbonyl (C=O) groups excluding carboxylic acids is 1. The fourth-order valence-corrected chi connectivity index (χ4v) is 3.36. The lowest BCUT2D eigenvalue weighted by Gasteiger charge is -2.33. The van der Waals surface area contributed by atoms with Gasteiger partial charge in [0.15, 0.2) is 0 Å². The van der Waals surface area contributed by atoms with Gasteiger partial charge in [-0.05, 0) is 37.2 Å². The van der Waals surface area contributed by atoms with Gasteiger partial charge < -0.3 is 20.7 Å². The van der Waals surface area contributed by atoms with Crippen LogP contribution in [-0.4, -0.2) is 32.3 Å². The van der Waals surface area contributed by atoms with E-state index in [2.05, 4.69) is 16.0 Å². The van der Waals surface area contributed by atoms with Crippen molar-refractivity contribution in [3.05, 3.63) is 58.6 Å². The highest BCUT2D eigenvalue weighted by atomic mass is 35.5. The van der Waals surface area contributed by atoms with Crippen LogP contribution in [0.5, 0.6) is 5.75 Å². The lowest BCUT2D eigenvalue weighted by atomic mass is 9.86. The van der Waals surface area contributed by atoms with Crippen LogP contribution in [0.2, 0.25) is 5.02 Å². The van der Waals surface area contributed by atoms with Gasteiger partial charge in [0.1, 0.15) is 17.4 Å². The van der Waals surface area contributed by atoms with Crippen molar-refractivity contribution in [1.29, 1.82) is 0 Å². The molecule has 27 heavy (non-hydrogen) atoms. The molecular formula is C19H20ClF2N3O2. The zero-order chi connectivity index (χ0) is 19.4. The van der Waals surface area contributed by atoms with Gasteiger partial charge in [-0.25, -0.2) is 13.6 Å². The van der Waals surface area contributed by atoms with Crippen molar-refractivity contribution in [1.82, 2.24) is 10.6 Å². The number of halogens is 3. The van der Waals surface area contributed by atoms with Crippen molar-refractivity contribution in [2.45, 2.75) is 18.4 Å². The van der Waals surface area contributed by atoms with Gasteiger partial charge in [0.25, 0.3) is 0 Å². The molecule has 1 heterocycles. The Morgan fingerprint density at radius 1 is 1.22 bits per heavy atom. The van der Waals surface area contributed by atoms with Crippen molar-refractivity contribution in [2.75, 3.05) is 25.5 Å². The van der Waals surface area contributed by atoms with Crippen LogP contribution in [0.3, 0.4) is 0 Å². The summed E-state index contributed by atoms with van der Waals surface area (Å²) in [6.45, 7) is 0.994. The zero-order valence-corrected chi connectivity index (χ0v) is 15.4. The molecule has 0 radical (unpaired) electrons. The van der Waals surface area contributed by atoms with Crippen LogP contribution in [0.25, 0.3) is 0 Å². The van der Waals surface area contributed by atoms with Gasteiger partial charge in [-0.1, -0.05) is 11.6 Å². The number of benzene rings is 2. The normalized spacial score (nSPS) is 19.4. The fourth-order valence-electron chi connectivity index (χ4n) is 3.24. The molecule has 0 bridgehead atoms. The third-order valence-corrected chi connectivity index (χ3v) is 4.81. The maximum atomic E-state index is 14.5. The van der Waals surface area contributed by atoms with Crippen LogP contribution in [-0.2, 0) is 0 Å². The Morgan fingerprint density at radius 2 is 1.89 bits per heavy atom. The molecule has 1 aliphatic rings. The van der Waals surface area contributed by atoms with Gasteiger partial charge in [0.2, 0.25) is 0 Å². The molecule has 3 rings (SSSR count). The number of urea groups is 1. The summed E-state index contributed by atoms with van der Waals surface area (Å²) in [5.74, 6) is -1.81. The predicted molar refractivity (Wildman–Crippen MR) is 101 cm³/mol. The van der Waals surface area contributed by atoms with E-state index in [-0.39, 0.29) is 11.3 Å². The van der Waals surface area contributed by atoms with Gasteiger partial charge in [-0.15, -0.1) is 0 Å². The molecule has 2 aromatic rings. The second-order valence-corrected chi connectivity index (χ2v) is 6.75. The molecule has 5 nitrogen and oxygen atoms in total. The van der Waals surface area contributed by atoms with E-state index in [1.54, 1.807) is 24.3 Å². The van der Waals surface area contributed by atoms with Crippen LogP contribution >= 0.6 is 11.6 Å². The molecule has 0 aliphatic carbocycles. The molecule has 1 fully saturated rings. The van der Waals surface area contributed by atoms with Gasteiger partial charge in [0, 0.05) is 46.9 Å². The van der Waals surface area contributed by atoms with E-state index >= 15 is 0 Å². The summed E-state index contributed by atoms with van der Waals surface area (Å²) in [5, 5.41) is 9.21. The van der Waals surface area contributed by atoms with Gasteiger partial charge in [0.05, 0.1) is 7.11 Å². The summed E-state index contributed by atoms with van der Waals surface area (Å²) >= 11 is 5.83. The number of anilines is 1. The number of piperidine rings is 1. The van der Waals surface area contributed by atoms with Gasteiger partial charge in [-0.2, -0.15) is 0 Å². The standard InChI is InChI=1S/C19H20ClF2N3O2/c1-27-13-8-15(21)18(16(22)9-13)14-10-23-7-6-17(14)25-19(26)24-12-4-2-11(20)3-5-12/h2-5,8-9,14,17,23H,6-7,10H2,1H3,(H2,24,25,26)/t14?,17-/m1/s1. The summed E-state index contributed by atoms with van der Waals surface area (Å²) < 4.78 is 33.9. The molecule has 0 aromatic heterocycles. The number of nitrogens with one attached hydrogen (secondary N) is 3. The van der Waals surface area contributed by atoms with E-state index in [0.29, 0.717) is 30.2 Å². The number of methoxy groups -OCH3 is 1. The maximum Gasteiger partial charge on any atom is 0.319 e. The van der Waals surface area contributed by atoms with E-state index in [0.717, 1.165) is 12.1 Å². The van der Waals surface area contributed by atoms with Crippen LogP contribution < -0.4 is 20.7 Å². The summed E-state index contributed by atoms with van der Waals surface area (Å²) in [6.07, 6.45) is 0.545. The van der Waals surface area contributed by atoms with Gasteiger partial charge >= 0.3 is 6.03 Å². The Kier molecular flexibility index (Phi) is 6.13. The van der Waals surface area contributed by atoms with Crippen LogP contribution in [0.1, 0.15) is 17.9 Å². The Bertz CT molecular complexity index is 794. The molecule has 2 aromatic carbocycles. The van der Waals surface area contributed by atoms with Crippen LogP contribution in [0, 0.1) is 11.6 Å². The fraction of sp³-hybridized carbons (Fsp3) is 0.316. The lowest BCUT2D eigenvalue weighted by Crippen LogP contribution is -2.49. The summed E-state index contributed by atoms with van der Waals surface area (Å²) in [6, 6.07) is 8.10. The van der Waals surface area contributed by atoms with Crippen LogP contribution in [0.4, 0.5) is 19.3 Å². The summed E-state index contributed by atoms with van der Waals surface area (Å²) in [4.78, 5) is 12.3. The molecule has 1 unspecified atom stereocenters. The monoisotopic (exact) mass is 395 g/mol. The minimum atomic E-state index is -0.689. The number of rotatable bonds is 4. The summed E-state index contributed by atoms with van der Waals surface area (Å²) in [5.41, 5.74) is 0.518. The van der Waals surface area contributed by atoms with Crippen LogP contribution in [0.15, 0.2) is 36.4 Å². The SMILES string of the molecule is COc1cc(F)c(C2CNCC[C@H]2NC(=O)Nc2ccc(Cl)cc2)c(F)c1. The van der Waals surface area contributed by atoms with Gasteiger partial charge in [-0.3, -0.25) is 0 Å². The summed E-state index contributed by atoms with van der Waals surface area (Å²) in [7, 11) is 1.35. The first kappa shape index (κ1) is 19.4. The highest BCUT2D eigenvalue weighted by Crippen LogP contribution is 2.31. The Morgan fingerprint density at radius 3 is 2.52 bits per heavy atom. The van der Waals surface area contributed by atoms with E-state index in [9.17, 15) is 13.6 Å². The second-order valence-electron chi connectivity index (χ2n) is 6.32. The number of hydrogen-bond donors (Lipinski definition) is 3. The first-order valence-electron chi connectivity index (χ1n) is 8.54. The molecular weight excluding hydrogens is 376 g/mol. The highest BCUT2D eigenvalue weighted by molar-refractivity contribution is 6.30.